The number of aromatic nitrogens is 3. The molecule has 18 heavy (non-hydrogen) atoms. The molecule has 1 unspecified atom stereocenters. The van der Waals surface area contributed by atoms with E-state index in [1.54, 1.807) is 0 Å². The van der Waals surface area contributed by atoms with Crippen molar-refractivity contribution in [3.05, 3.63) is 48.3 Å². The van der Waals surface area contributed by atoms with Gasteiger partial charge in [0.05, 0.1) is 0 Å². The fraction of sp³-hybridized carbons (Fsp3) is 0.429. The number of rotatable bonds is 6. The highest BCUT2D eigenvalue weighted by molar-refractivity contribution is 5.08. The minimum absolute atomic E-state index is 0.583. The molecule has 0 fully saturated rings. The van der Waals surface area contributed by atoms with Crippen molar-refractivity contribution in [2.24, 2.45) is 5.92 Å². The van der Waals surface area contributed by atoms with Gasteiger partial charge in [-0.1, -0.05) is 6.92 Å². The first kappa shape index (κ1) is 12.8. The summed E-state index contributed by atoms with van der Waals surface area (Å²) in [4.78, 5) is 8.24. The quantitative estimate of drug-likeness (QED) is 0.845. The lowest BCUT2D eigenvalue weighted by molar-refractivity contribution is 0.440. The number of imidazole rings is 1. The van der Waals surface area contributed by atoms with E-state index >= 15 is 0 Å². The molecule has 0 aliphatic rings. The van der Waals surface area contributed by atoms with E-state index < -0.39 is 0 Å². The molecule has 2 aromatic heterocycles. The highest BCUT2D eigenvalue weighted by atomic mass is 15.1. The summed E-state index contributed by atoms with van der Waals surface area (Å²) in [7, 11) is 0. The van der Waals surface area contributed by atoms with E-state index in [1.807, 2.05) is 43.8 Å². The molecule has 0 radical (unpaired) electrons. The fourth-order valence-corrected chi connectivity index (χ4v) is 1.96. The van der Waals surface area contributed by atoms with E-state index in [9.17, 15) is 0 Å². The topological polar surface area (TPSA) is 42.7 Å². The Morgan fingerprint density at radius 2 is 2.06 bits per heavy atom. The number of nitrogens with one attached hydrogen (secondary N) is 1. The molecular formula is C14H20N4. The molecule has 96 valence electrons. The van der Waals surface area contributed by atoms with Crippen LogP contribution in [0, 0.1) is 12.8 Å². The van der Waals surface area contributed by atoms with Crippen molar-refractivity contribution in [3.63, 3.8) is 0 Å². The van der Waals surface area contributed by atoms with E-state index in [4.69, 9.17) is 0 Å². The van der Waals surface area contributed by atoms with Crippen LogP contribution in [0.2, 0.25) is 0 Å². The molecule has 1 atom stereocenters. The monoisotopic (exact) mass is 244 g/mol. The Morgan fingerprint density at radius 3 is 2.72 bits per heavy atom. The van der Waals surface area contributed by atoms with Gasteiger partial charge in [0.1, 0.15) is 5.82 Å². The van der Waals surface area contributed by atoms with Gasteiger partial charge < -0.3 is 9.88 Å². The summed E-state index contributed by atoms with van der Waals surface area (Å²) in [6.07, 6.45) is 7.55. The van der Waals surface area contributed by atoms with Gasteiger partial charge in [-0.25, -0.2) is 4.98 Å². The molecule has 4 heteroatoms. The van der Waals surface area contributed by atoms with E-state index in [0.29, 0.717) is 5.92 Å². The second-order valence-electron chi connectivity index (χ2n) is 4.72. The predicted octanol–water partition coefficient (Wildman–Crippen LogP) is 2.01. The minimum atomic E-state index is 0.583. The molecule has 0 saturated carbocycles. The van der Waals surface area contributed by atoms with Crippen LogP contribution in [-0.4, -0.2) is 21.1 Å². The standard InChI is InChI=1S/C14H20N4/c1-12(11-18-8-7-17-13(18)2)9-16-10-14-3-5-15-6-4-14/h3-8,12,16H,9-11H2,1-2H3. The normalized spacial score (nSPS) is 12.6. The van der Waals surface area contributed by atoms with Crippen LogP contribution < -0.4 is 5.32 Å². The third-order valence-corrected chi connectivity index (χ3v) is 3.00. The second-order valence-corrected chi connectivity index (χ2v) is 4.72. The van der Waals surface area contributed by atoms with Crippen LogP contribution in [0.5, 0.6) is 0 Å². The lowest BCUT2D eigenvalue weighted by Crippen LogP contribution is -2.24. The fourth-order valence-electron chi connectivity index (χ4n) is 1.96. The average Bonchev–Trinajstić information content (AvgIpc) is 2.76. The molecule has 2 heterocycles. The molecule has 0 saturated heterocycles. The summed E-state index contributed by atoms with van der Waals surface area (Å²) in [5.74, 6) is 1.66. The highest BCUT2D eigenvalue weighted by Gasteiger charge is 2.04. The van der Waals surface area contributed by atoms with Crippen molar-refractivity contribution in [1.82, 2.24) is 19.9 Å². The minimum Gasteiger partial charge on any atom is -0.335 e. The van der Waals surface area contributed by atoms with Gasteiger partial charge in [-0.15, -0.1) is 0 Å². The molecule has 1 N–H and O–H groups in total. The van der Waals surface area contributed by atoms with E-state index in [1.165, 1.54) is 5.56 Å². The summed E-state index contributed by atoms with van der Waals surface area (Å²) in [5.41, 5.74) is 1.27. The molecule has 0 bridgehead atoms. The lowest BCUT2D eigenvalue weighted by Gasteiger charge is -2.14. The van der Waals surface area contributed by atoms with Crippen LogP contribution in [-0.2, 0) is 13.1 Å². The molecule has 0 aliphatic heterocycles. The van der Waals surface area contributed by atoms with Gasteiger partial charge in [-0.3, -0.25) is 4.98 Å². The van der Waals surface area contributed by atoms with Crippen molar-refractivity contribution in [2.45, 2.75) is 26.9 Å². The van der Waals surface area contributed by atoms with Crippen LogP contribution in [0.25, 0.3) is 0 Å². The number of hydrogen-bond acceptors (Lipinski definition) is 3. The smallest absolute Gasteiger partial charge is 0.105 e. The van der Waals surface area contributed by atoms with Gasteiger partial charge in [-0.05, 0) is 37.1 Å². The second kappa shape index (κ2) is 6.31. The number of pyridine rings is 1. The van der Waals surface area contributed by atoms with Crippen LogP contribution in [0.3, 0.4) is 0 Å². The Morgan fingerprint density at radius 1 is 1.28 bits per heavy atom. The van der Waals surface area contributed by atoms with E-state index in [0.717, 1.165) is 25.5 Å². The summed E-state index contributed by atoms with van der Waals surface area (Å²) in [5, 5.41) is 3.47. The maximum Gasteiger partial charge on any atom is 0.105 e. The Kier molecular flexibility index (Phi) is 4.47. The largest absolute Gasteiger partial charge is 0.335 e. The summed E-state index contributed by atoms with van der Waals surface area (Å²) in [6, 6.07) is 4.08. The van der Waals surface area contributed by atoms with Crippen molar-refractivity contribution >= 4 is 0 Å². The molecule has 0 amide bonds. The zero-order valence-electron chi connectivity index (χ0n) is 11.0. The van der Waals surface area contributed by atoms with Crippen LogP contribution in [0.4, 0.5) is 0 Å². The molecule has 4 nitrogen and oxygen atoms in total. The maximum atomic E-state index is 4.23. The molecular weight excluding hydrogens is 224 g/mol. The van der Waals surface area contributed by atoms with Gasteiger partial charge in [0.25, 0.3) is 0 Å². The van der Waals surface area contributed by atoms with E-state index in [-0.39, 0.29) is 0 Å². The van der Waals surface area contributed by atoms with Gasteiger partial charge in [0.2, 0.25) is 0 Å². The van der Waals surface area contributed by atoms with Gasteiger partial charge >= 0.3 is 0 Å². The van der Waals surface area contributed by atoms with Gasteiger partial charge in [0, 0.05) is 37.9 Å². The summed E-state index contributed by atoms with van der Waals surface area (Å²) in [6.45, 7) is 7.20. The maximum absolute atomic E-state index is 4.23. The Bertz CT molecular complexity index is 464. The number of aryl methyl sites for hydroxylation is 1. The highest BCUT2D eigenvalue weighted by Crippen LogP contribution is 2.03. The molecule has 2 aromatic rings. The molecule has 2 rings (SSSR count). The van der Waals surface area contributed by atoms with Crippen LogP contribution >= 0.6 is 0 Å². The van der Waals surface area contributed by atoms with Crippen LogP contribution in [0.15, 0.2) is 36.9 Å². The third-order valence-electron chi connectivity index (χ3n) is 3.00. The number of hydrogen-bond donors (Lipinski definition) is 1. The summed E-state index contributed by atoms with van der Waals surface area (Å²) < 4.78 is 2.19. The Balaban J connectivity index is 1.72. The number of nitrogens with zero attached hydrogens (tertiary/aromatic N) is 3. The first-order valence-corrected chi connectivity index (χ1v) is 6.33. The summed E-state index contributed by atoms with van der Waals surface area (Å²) >= 11 is 0. The third kappa shape index (κ3) is 3.67. The zero-order valence-corrected chi connectivity index (χ0v) is 11.0. The zero-order chi connectivity index (χ0) is 12.8. The molecule has 0 aromatic carbocycles. The first-order valence-electron chi connectivity index (χ1n) is 6.33. The van der Waals surface area contributed by atoms with Crippen molar-refractivity contribution < 1.29 is 0 Å². The molecule has 0 aliphatic carbocycles. The van der Waals surface area contributed by atoms with Gasteiger partial charge in [0.15, 0.2) is 0 Å². The molecule has 0 spiro atoms. The first-order chi connectivity index (χ1) is 8.75. The SMILES string of the molecule is Cc1nccn1CC(C)CNCc1ccncc1. The Hall–Kier alpha value is -1.68. The van der Waals surface area contributed by atoms with Crippen LogP contribution in [0.1, 0.15) is 18.3 Å². The van der Waals surface area contributed by atoms with Gasteiger partial charge in [-0.2, -0.15) is 0 Å². The van der Waals surface area contributed by atoms with Crippen molar-refractivity contribution in [2.75, 3.05) is 6.54 Å². The average molecular weight is 244 g/mol. The van der Waals surface area contributed by atoms with E-state index in [2.05, 4.69) is 26.8 Å². The predicted molar refractivity (Wildman–Crippen MR) is 72.1 cm³/mol. The Labute approximate surface area is 108 Å². The van der Waals surface area contributed by atoms with Crippen molar-refractivity contribution in [3.8, 4) is 0 Å². The lowest BCUT2D eigenvalue weighted by atomic mass is 10.1. The van der Waals surface area contributed by atoms with Crippen molar-refractivity contribution in [1.29, 1.82) is 0 Å².